The topological polar surface area (TPSA) is 41.6 Å². The number of allylic oxidation sites excluding steroid dienone is 4. The van der Waals surface area contributed by atoms with E-state index in [4.69, 9.17) is 4.74 Å². The molecule has 1 heterocycles. The Kier molecular flexibility index (Phi) is 5.83. The molecule has 0 bridgehead atoms. The molecular formula is C18H28N2O2. The number of carbonyl (C=O) groups excluding carboxylic acids is 1. The highest BCUT2D eigenvalue weighted by atomic mass is 16.6. The third-order valence-electron chi connectivity index (χ3n) is 3.78. The van der Waals surface area contributed by atoms with Gasteiger partial charge in [-0.1, -0.05) is 36.5 Å². The first-order valence-corrected chi connectivity index (χ1v) is 8.20. The SMILES string of the molecule is CC(C)(C)OC(=O)N1CCCC(NC2C=CC=CC=C2)CC1. The maximum atomic E-state index is 12.2. The summed E-state index contributed by atoms with van der Waals surface area (Å²) in [5, 5.41) is 3.65. The molecule has 0 saturated carbocycles. The van der Waals surface area contributed by atoms with Gasteiger partial charge in [-0.25, -0.2) is 4.79 Å². The maximum Gasteiger partial charge on any atom is 0.410 e. The molecule has 22 heavy (non-hydrogen) atoms. The highest BCUT2D eigenvalue weighted by molar-refractivity contribution is 5.68. The van der Waals surface area contributed by atoms with E-state index < -0.39 is 5.60 Å². The second-order valence-corrected chi connectivity index (χ2v) is 6.94. The highest BCUT2D eigenvalue weighted by Gasteiger charge is 2.25. The van der Waals surface area contributed by atoms with Gasteiger partial charge in [-0.15, -0.1) is 0 Å². The quantitative estimate of drug-likeness (QED) is 0.850. The minimum Gasteiger partial charge on any atom is -0.444 e. The largest absolute Gasteiger partial charge is 0.444 e. The fourth-order valence-electron chi connectivity index (χ4n) is 2.72. The number of ether oxygens (including phenoxy) is 1. The number of hydrogen-bond acceptors (Lipinski definition) is 3. The Morgan fingerprint density at radius 1 is 1.09 bits per heavy atom. The van der Waals surface area contributed by atoms with Gasteiger partial charge >= 0.3 is 6.09 Å². The minimum atomic E-state index is -0.427. The van der Waals surface area contributed by atoms with Gasteiger partial charge in [0, 0.05) is 25.2 Å². The van der Waals surface area contributed by atoms with Crippen molar-refractivity contribution < 1.29 is 9.53 Å². The molecule has 0 radical (unpaired) electrons. The van der Waals surface area contributed by atoms with Gasteiger partial charge in [0.2, 0.25) is 0 Å². The average molecular weight is 304 g/mol. The first kappa shape index (κ1) is 16.8. The van der Waals surface area contributed by atoms with Crippen molar-refractivity contribution in [2.75, 3.05) is 13.1 Å². The Balaban J connectivity index is 1.83. The summed E-state index contributed by atoms with van der Waals surface area (Å²) in [5.41, 5.74) is -0.427. The summed E-state index contributed by atoms with van der Waals surface area (Å²) in [6, 6.07) is 0.706. The molecule has 0 aromatic carbocycles. The smallest absolute Gasteiger partial charge is 0.410 e. The van der Waals surface area contributed by atoms with E-state index in [1.54, 1.807) is 0 Å². The molecule has 1 amide bonds. The van der Waals surface area contributed by atoms with Crippen molar-refractivity contribution in [3.05, 3.63) is 36.5 Å². The Hall–Kier alpha value is -1.55. The first-order chi connectivity index (χ1) is 10.4. The fraction of sp³-hybridized carbons (Fsp3) is 0.611. The van der Waals surface area contributed by atoms with Gasteiger partial charge in [0.1, 0.15) is 5.60 Å². The Labute approximate surface area is 133 Å². The number of nitrogens with zero attached hydrogens (tertiary/aromatic N) is 1. The first-order valence-electron chi connectivity index (χ1n) is 8.20. The summed E-state index contributed by atoms with van der Waals surface area (Å²) < 4.78 is 5.47. The lowest BCUT2D eigenvalue weighted by atomic mass is 10.1. The van der Waals surface area contributed by atoms with Gasteiger partial charge in [0.05, 0.1) is 0 Å². The van der Waals surface area contributed by atoms with Crippen molar-refractivity contribution in [1.82, 2.24) is 10.2 Å². The molecule has 122 valence electrons. The van der Waals surface area contributed by atoms with Gasteiger partial charge in [-0.3, -0.25) is 0 Å². The molecule has 0 aromatic rings. The summed E-state index contributed by atoms with van der Waals surface area (Å²) in [4.78, 5) is 14.0. The number of hydrogen-bond donors (Lipinski definition) is 1. The van der Waals surface area contributed by atoms with Crippen LogP contribution < -0.4 is 5.32 Å². The lowest BCUT2D eigenvalue weighted by molar-refractivity contribution is 0.0256. The third kappa shape index (κ3) is 5.68. The molecule has 1 aliphatic carbocycles. The van der Waals surface area contributed by atoms with Gasteiger partial charge in [0.25, 0.3) is 0 Å². The normalized spacial score (nSPS) is 23.2. The van der Waals surface area contributed by atoms with Crippen LogP contribution in [0.3, 0.4) is 0 Å². The van der Waals surface area contributed by atoms with Crippen LogP contribution >= 0.6 is 0 Å². The Morgan fingerprint density at radius 3 is 2.41 bits per heavy atom. The maximum absolute atomic E-state index is 12.2. The van der Waals surface area contributed by atoms with Crippen LogP contribution in [0, 0.1) is 0 Å². The lowest BCUT2D eigenvalue weighted by Gasteiger charge is -2.26. The second-order valence-electron chi connectivity index (χ2n) is 6.94. The number of rotatable bonds is 2. The summed E-state index contributed by atoms with van der Waals surface area (Å²) in [6.45, 7) is 7.26. The van der Waals surface area contributed by atoms with E-state index in [1.165, 1.54) is 0 Å². The molecular weight excluding hydrogens is 276 g/mol. The van der Waals surface area contributed by atoms with Crippen molar-refractivity contribution >= 4 is 6.09 Å². The molecule has 2 aliphatic rings. The van der Waals surface area contributed by atoms with Crippen LogP contribution in [0.1, 0.15) is 40.0 Å². The van der Waals surface area contributed by atoms with E-state index in [2.05, 4.69) is 29.6 Å². The van der Waals surface area contributed by atoms with Crippen LogP contribution in [0.4, 0.5) is 4.79 Å². The molecule has 1 atom stereocenters. The van der Waals surface area contributed by atoms with Crippen molar-refractivity contribution in [3.8, 4) is 0 Å². The monoisotopic (exact) mass is 304 g/mol. The van der Waals surface area contributed by atoms with Crippen molar-refractivity contribution in [2.45, 2.75) is 57.7 Å². The van der Waals surface area contributed by atoms with Gasteiger partial charge in [0.15, 0.2) is 0 Å². The molecule has 0 spiro atoms. The van der Waals surface area contributed by atoms with Crippen LogP contribution in [-0.4, -0.2) is 41.8 Å². The number of likely N-dealkylation sites (tertiary alicyclic amines) is 1. The highest BCUT2D eigenvalue weighted by Crippen LogP contribution is 2.16. The van der Waals surface area contributed by atoms with Crippen LogP contribution in [0.5, 0.6) is 0 Å². The molecule has 1 aliphatic heterocycles. The predicted octanol–water partition coefficient (Wildman–Crippen LogP) is 3.42. The standard InChI is InChI=1S/C18H28N2O2/c1-18(2,3)22-17(21)20-13-8-11-16(12-14-20)19-15-9-6-4-5-7-10-15/h4-7,9-10,15-16,19H,8,11-14H2,1-3H3. The lowest BCUT2D eigenvalue weighted by Crippen LogP contribution is -2.39. The van der Waals surface area contributed by atoms with Crippen LogP contribution in [0.25, 0.3) is 0 Å². The minimum absolute atomic E-state index is 0.188. The van der Waals surface area contributed by atoms with Crippen molar-refractivity contribution in [1.29, 1.82) is 0 Å². The van der Waals surface area contributed by atoms with Crippen LogP contribution in [0.2, 0.25) is 0 Å². The van der Waals surface area contributed by atoms with E-state index in [1.807, 2.05) is 37.8 Å². The van der Waals surface area contributed by atoms with Gasteiger partial charge in [-0.2, -0.15) is 0 Å². The van der Waals surface area contributed by atoms with E-state index in [0.29, 0.717) is 6.04 Å². The molecule has 2 rings (SSSR count). The molecule has 0 aromatic heterocycles. The van der Waals surface area contributed by atoms with Crippen LogP contribution in [-0.2, 0) is 4.74 Å². The third-order valence-corrected chi connectivity index (χ3v) is 3.78. The van der Waals surface area contributed by atoms with Crippen LogP contribution in [0.15, 0.2) is 36.5 Å². The second kappa shape index (κ2) is 7.63. The summed E-state index contributed by atoms with van der Waals surface area (Å²) in [5.74, 6) is 0. The Bertz CT molecular complexity index is 444. The number of amides is 1. The zero-order valence-corrected chi connectivity index (χ0v) is 13.9. The van der Waals surface area contributed by atoms with E-state index in [-0.39, 0.29) is 12.1 Å². The van der Waals surface area contributed by atoms with E-state index >= 15 is 0 Å². The summed E-state index contributed by atoms with van der Waals surface area (Å²) >= 11 is 0. The van der Waals surface area contributed by atoms with Crippen molar-refractivity contribution in [2.24, 2.45) is 0 Å². The predicted molar refractivity (Wildman–Crippen MR) is 89.8 cm³/mol. The molecule has 1 saturated heterocycles. The van der Waals surface area contributed by atoms with E-state index in [0.717, 1.165) is 32.4 Å². The number of carbonyl (C=O) groups is 1. The zero-order chi connectivity index (χ0) is 16.0. The van der Waals surface area contributed by atoms with Gasteiger partial charge < -0.3 is 15.0 Å². The fourth-order valence-corrected chi connectivity index (χ4v) is 2.72. The molecule has 1 fully saturated rings. The van der Waals surface area contributed by atoms with Crippen molar-refractivity contribution in [3.63, 3.8) is 0 Å². The molecule has 1 N–H and O–H groups in total. The molecule has 1 unspecified atom stereocenters. The number of nitrogens with one attached hydrogen (secondary N) is 1. The summed E-state index contributed by atoms with van der Waals surface area (Å²) in [7, 11) is 0. The molecule has 4 heteroatoms. The van der Waals surface area contributed by atoms with E-state index in [9.17, 15) is 4.79 Å². The van der Waals surface area contributed by atoms with Gasteiger partial charge in [-0.05, 0) is 40.0 Å². The molecule has 4 nitrogen and oxygen atoms in total. The average Bonchev–Trinajstić information content (AvgIpc) is 2.80. The Morgan fingerprint density at radius 2 is 1.77 bits per heavy atom. The zero-order valence-electron chi connectivity index (χ0n) is 13.9. The summed E-state index contributed by atoms with van der Waals surface area (Å²) in [6.07, 6.45) is 15.4.